The normalized spacial score (nSPS) is 30.3. The molecule has 0 saturated carbocycles. The molecule has 19 heavy (non-hydrogen) atoms. The van der Waals surface area contributed by atoms with E-state index >= 15 is 0 Å². The van der Waals surface area contributed by atoms with Crippen LogP contribution >= 0.6 is 0 Å². The molecule has 0 aliphatic carbocycles. The van der Waals surface area contributed by atoms with Gasteiger partial charge < -0.3 is 14.2 Å². The molecule has 2 aliphatic heterocycles. The molecule has 2 fully saturated rings. The number of nitrogens with one attached hydrogen (secondary N) is 1. The molecular weight excluding hydrogens is 257 g/mol. The highest BCUT2D eigenvalue weighted by molar-refractivity contribution is 6.30. The van der Waals surface area contributed by atoms with Crippen LogP contribution in [0.1, 0.15) is 5.56 Å². The standard InChI is InChI=1S/C12H10FNO5/c13-8-3-1-7(2-4-8)12-11(14-5-6-17-12)18-9(15)10(16)19-12/h1-4,11,14H,5-6H2. The Balaban J connectivity index is 2.03. The fraction of sp³-hybridized carbons (Fsp3) is 0.333. The molecule has 2 saturated heterocycles. The van der Waals surface area contributed by atoms with E-state index in [2.05, 4.69) is 5.32 Å². The van der Waals surface area contributed by atoms with Crippen LogP contribution < -0.4 is 5.32 Å². The third-order valence-electron chi connectivity index (χ3n) is 2.98. The van der Waals surface area contributed by atoms with Gasteiger partial charge in [-0.2, -0.15) is 0 Å². The fourth-order valence-corrected chi connectivity index (χ4v) is 2.12. The minimum Gasteiger partial charge on any atom is -0.430 e. The smallest absolute Gasteiger partial charge is 0.420 e. The highest BCUT2D eigenvalue weighted by Crippen LogP contribution is 2.36. The predicted octanol–water partition coefficient (Wildman–Crippen LogP) is 0.0244. The molecule has 1 aromatic rings. The van der Waals surface area contributed by atoms with Gasteiger partial charge in [-0.05, 0) is 24.3 Å². The van der Waals surface area contributed by atoms with E-state index in [1.54, 1.807) is 0 Å². The average molecular weight is 267 g/mol. The second-order valence-corrected chi connectivity index (χ2v) is 4.15. The summed E-state index contributed by atoms with van der Waals surface area (Å²) < 4.78 is 28.5. The Bertz CT molecular complexity index is 531. The van der Waals surface area contributed by atoms with Crippen molar-refractivity contribution in [1.82, 2.24) is 5.32 Å². The number of rotatable bonds is 1. The van der Waals surface area contributed by atoms with Gasteiger partial charge in [0.1, 0.15) is 5.82 Å². The Morgan fingerprint density at radius 1 is 1.21 bits per heavy atom. The SMILES string of the molecule is O=C1OC2NCCOC2(c2ccc(F)cc2)OC1=O. The van der Waals surface area contributed by atoms with Gasteiger partial charge in [-0.25, -0.2) is 14.0 Å². The molecule has 0 spiro atoms. The lowest BCUT2D eigenvalue weighted by Gasteiger charge is -2.44. The third-order valence-corrected chi connectivity index (χ3v) is 2.98. The first kappa shape index (κ1) is 12.1. The summed E-state index contributed by atoms with van der Waals surface area (Å²) in [5.41, 5.74) is 0.395. The van der Waals surface area contributed by atoms with Crippen molar-refractivity contribution in [2.24, 2.45) is 0 Å². The fourth-order valence-electron chi connectivity index (χ4n) is 2.12. The maximum Gasteiger partial charge on any atom is 0.420 e. The summed E-state index contributed by atoms with van der Waals surface area (Å²) in [5, 5.41) is 2.89. The summed E-state index contributed by atoms with van der Waals surface area (Å²) in [4.78, 5) is 22.6. The number of hydrogen-bond acceptors (Lipinski definition) is 6. The number of benzene rings is 1. The van der Waals surface area contributed by atoms with E-state index in [-0.39, 0.29) is 6.61 Å². The molecule has 0 bridgehead atoms. The zero-order valence-electron chi connectivity index (χ0n) is 9.72. The number of fused-ring (bicyclic) bond motifs is 1. The highest BCUT2D eigenvalue weighted by Gasteiger charge is 2.55. The van der Waals surface area contributed by atoms with Gasteiger partial charge >= 0.3 is 11.9 Å². The molecule has 0 radical (unpaired) electrons. The van der Waals surface area contributed by atoms with E-state index in [1.165, 1.54) is 24.3 Å². The van der Waals surface area contributed by atoms with Crippen LogP contribution in [0.2, 0.25) is 0 Å². The van der Waals surface area contributed by atoms with E-state index in [0.717, 1.165) is 0 Å². The Labute approximate surface area is 107 Å². The number of esters is 2. The van der Waals surface area contributed by atoms with Crippen LogP contribution in [-0.2, 0) is 29.6 Å². The molecule has 1 N–H and O–H groups in total. The van der Waals surface area contributed by atoms with E-state index in [4.69, 9.17) is 14.2 Å². The first-order chi connectivity index (χ1) is 9.12. The summed E-state index contributed by atoms with van der Waals surface area (Å²) >= 11 is 0. The van der Waals surface area contributed by atoms with Crippen molar-refractivity contribution < 1.29 is 28.2 Å². The van der Waals surface area contributed by atoms with E-state index in [1.807, 2.05) is 0 Å². The lowest BCUT2D eigenvalue weighted by Crippen LogP contribution is -2.63. The lowest BCUT2D eigenvalue weighted by atomic mass is 10.0. The number of hydrogen-bond donors (Lipinski definition) is 1. The van der Waals surface area contributed by atoms with Crippen molar-refractivity contribution >= 4 is 11.9 Å². The second kappa shape index (κ2) is 4.29. The van der Waals surface area contributed by atoms with Crippen LogP contribution in [-0.4, -0.2) is 31.3 Å². The summed E-state index contributed by atoms with van der Waals surface area (Å²) in [7, 11) is 0. The second-order valence-electron chi connectivity index (χ2n) is 4.15. The van der Waals surface area contributed by atoms with E-state index < -0.39 is 29.8 Å². The Morgan fingerprint density at radius 3 is 2.68 bits per heavy atom. The summed E-state index contributed by atoms with van der Waals surface area (Å²) in [6.07, 6.45) is -0.947. The predicted molar refractivity (Wildman–Crippen MR) is 58.0 cm³/mol. The van der Waals surface area contributed by atoms with Gasteiger partial charge in [0, 0.05) is 12.1 Å². The molecule has 0 amide bonds. The van der Waals surface area contributed by atoms with Crippen LogP contribution in [0, 0.1) is 5.82 Å². The molecule has 1 aromatic carbocycles. The molecule has 3 rings (SSSR count). The molecule has 2 unspecified atom stereocenters. The van der Waals surface area contributed by atoms with Crippen molar-refractivity contribution in [3.8, 4) is 0 Å². The number of ether oxygens (including phenoxy) is 3. The molecule has 7 heteroatoms. The van der Waals surface area contributed by atoms with Crippen molar-refractivity contribution in [3.63, 3.8) is 0 Å². The van der Waals surface area contributed by atoms with Crippen molar-refractivity contribution in [1.29, 1.82) is 0 Å². The van der Waals surface area contributed by atoms with Gasteiger partial charge in [-0.15, -0.1) is 0 Å². The maximum atomic E-state index is 13.0. The van der Waals surface area contributed by atoms with Crippen molar-refractivity contribution in [3.05, 3.63) is 35.6 Å². The first-order valence-corrected chi connectivity index (χ1v) is 5.69. The third kappa shape index (κ3) is 1.87. The number of halogens is 1. The van der Waals surface area contributed by atoms with Gasteiger partial charge in [-0.1, -0.05) is 0 Å². The molecule has 0 aromatic heterocycles. The summed E-state index contributed by atoms with van der Waals surface area (Å²) in [6, 6.07) is 5.26. The van der Waals surface area contributed by atoms with Gasteiger partial charge in [0.2, 0.25) is 6.23 Å². The van der Waals surface area contributed by atoms with Crippen molar-refractivity contribution in [2.75, 3.05) is 13.2 Å². The van der Waals surface area contributed by atoms with Crippen LogP contribution in [0.4, 0.5) is 4.39 Å². The Hall–Kier alpha value is -1.99. The molecule has 2 aliphatic rings. The largest absolute Gasteiger partial charge is 0.430 e. The van der Waals surface area contributed by atoms with Gasteiger partial charge in [0.25, 0.3) is 5.79 Å². The van der Waals surface area contributed by atoms with E-state index in [9.17, 15) is 14.0 Å². The van der Waals surface area contributed by atoms with Gasteiger partial charge in [0.15, 0.2) is 0 Å². The zero-order valence-corrected chi connectivity index (χ0v) is 9.72. The lowest BCUT2D eigenvalue weighted by molar-refractivity contribution is -0.319. The Morgan fingerprint density at radius 2 is 1.95 bits per heavy atom. The number of morpholine rings is 1. The Kier molecular flexibility index (Phi) is 2.72. The first-order valence-electron chi connectivity index (χ1n) is 5.69. The topological polar surface area (TPSA) is 73.9 Å². The minimum absolute atomic E-state index is 0.263. The van der Waals surface area contributed by atoms with Crippen molar-refractivity contribution in [2.45, 2.75) is 12.0 Å². The van der Waals surface area contributed by atoms with E-state index in [0.29, 0.717) is 12.1 Å². The monoisotopic (exact) mass is 267 g/mol. The molecule has 6 nitrogen and oxygen atoms in total. The quantitative estimate of drug-likeness (QED) is 0.571. The number of carbonyl (C=O) groups is 2. The number of carbonyl (C=O) groups excluding carboxylic acids is 2. The molecule has 2 heterocycles. The highest BCUT2D eigenvalue weighted by atomic mass is 19.1. The van der Waals surface area contributed by atoms with Gasteiger partial charge in [-0.3, -0.25) is 5.32 Å². The molecule has 2 atom stereocenters. The van der Waals surface area contributed by atoms with Gasteiger partial charge in [0.05, 0.1) is 6.61 Å². The summed E-state index contributed by atoms with van der Waals surface area (Å²) in [5.74, 6) is -4.21. The molecule has 100 valence electrons. The summed E-state index contributed by atoms with van der Waals surface area (Å²) in [6.45, 7) is 0.706. The zero-order chi connectivity index (χ0) is 13.5. The van der Waals surface area contributed by atoms with Crippen LogP contribution in [0.5, 0.6) is 0 Å². The van der Waals surface area contributed by atoms with Crippen LogP contribution in [0.3, 0.4) is 0 Å². The van der Waals surface area contributed by atoms with Crippen LogP contribution in [0.15, 0.2) is 24.3 Å². The average Bonchev–Trinajstić information content (AvgIpc) is 2.41. The van der Waals surface area contributed by atoms with Crippen LogP contribution in [0.25, 0.3) is 0 Å². The molecular formula is C12H10FNO5. The maximum absolute atomic E-state index is 13.0. The minimum atomic E-state index is -1.56.